The fraction of sp³-hybridized carbons (Fsp3) is 0.500. The fourth-order valence-electron chi connectivity index (χ4n) is 4.24. The van der Waals surface area contributed by atoms with Crippen molar-refractivity contribution in [2.24, 2.45) is 0 Å². The molecule has 1 saturated heterocycles. The molecular formula is C26H36N6O3. The third kappa shape index (κ3) is 5.91. The summed E-state index contributed by atoms with van der Waals surface area (Å²) in [7, 11) is 0. The summed E-state index contributed by atoms with van der Waals surface area (Å²) >= 11 is 0. The molecule has 35 heavy (non-hydrogen) atoms. The number of hydrogen-bond donors (Lipinski definition) is 3. The molecule has 1 unspecified atom stereocenters. The predicted molar refractivity (Wildman–Crippen MR) is 137 cm³/mol. The molecular weight excluding hydrogens is 444 g/mol. The standard InChI is InChI=1S/C26H36N6O3/c1-17(2)21-14-28-32-23(12-22(30-24(21)32)29-19-11-20(16-33)27-13-19)31(25(34)35-26(3,4)5)15-18-9-7-6-8-10-18/h6-10,12,14,17,19-20,27,33H,11,13,15-16H2,1-5H3,(H,29,30)/t19?,20-/m0/s1. The highest BCUT2D eigenvalue weighted by molar-refractivity contribution is 5.88. The van der Waals surface area contributed by atoms with Crippen molar-refractivity contribution in [3.63, 3.8) is 0 Å². The van der Waals surface area contributed by atoms with Crippen LogP contribution >= 0.6 is 0 Å². The van der Waals surface area contributed by atoms with Gasteiger partial charge in [0.05, 0.1) is 19.3 Å². The molecule has 1 fully saturated rings. The van der Waals surface area contributed by atoms with Gasteiger partial charge in [-0.15, -0.1) is 0 Å². The summed E-state index contributed by atoms with van der Waals surface area (Å²) in [4.78, 5) is 20.0. The van der Waals surface area contributed by atoms with Crippen LogP contribution in [0.1, 0.15) is 58.1 Å². The number of carbonyl (C=O) groups is 1. The fourth-order valence-corrected chi connectivity index (χ4v) is 4.24. The van der Waals surface area contributed by atoms with Crippen molar-refractivity contribution in [1.29, 1.82) is 0 Å². The number of ether oxygens (including phenoxy) is 1. The van der Waals surface area contributed by atoms with Gasteiger partial charge < -0.3 is 20.5 Å². The second-order valence-corrected chi connectivity index (χ2v) is 10.4. The van der Waals surface area contributed by atoms with E-state index in [4.69, 9.17) is 9.72 Å². The molecule has 1 aliphatic rings. The highest BCUT2D eigenvalue weighted by Crippen LogP contribution is 2.29. The van der Waals surface area contributed by atoms with Crippen LogP contribution in [0.25, 0.3) is 5.65 Å². The lowest BCUT2D eigenvalue weighted by Crippen LogP contribution is -2.37. The molecule has 2 aromatic heterocycles. The number of fused-ring (bicyclic) bond motifs is 1. The Morgan fingerprint density at radius 1 is 1.31 bits per heavy atom. The van der Waals surface area contributed by atoms with E-state index in [1.807, 2.05) is 63.4 Å². The smallest absolute Gasteiger partial charge is 0.416 e. The van der Waals surface area contributed by atoms with E-state index < -0.39 is 11.7 Å². The maximum absolute atomic E-state index is 13.5. The second-order valence-electron chi connectivity index (χ2n) is 10.4. The minimum Gasteiger partial charge on any atom is -0.443 e. The van der Waals surface area contributed by atoms with Gasteiger partial charge in [0.2, 0.25) is 0 Å². The Morgan fingerprint density at radius 2 is 2.06 bits per heavy atom. The first kappa shape index (κ1) is 24.9. The minimum absolute atomic E-state index is 0.0632. The number of aromatic nitrogens is 3. The van der Waals surface area contributed by atoms with E-state index in [0.29, 0.717) is 23.8 Å². The molecule has 3 heterocycles. The summed E-state index contributed by atoms with van der Waals surface area (Å²) < 4.78 is 7.52. The molecule has 1 amide bonds. The molecule has 0 bridgehead atoms. The number of carbonyl (C=O) groups excluding carboxylic acids is 1. The maximum Gasteiger partial charge on any atom is 0.416 e. The van der Waals surface area contributed by atoms with Crippen LogP contribution in [-0.2, 0) is 11.3 Å². The van der Waals surface area contributed by atoms with Crippen molar-refractivity contribution >= 4 is 23.4 Å². The Labute approximate surface area is 206 Å². The summed E-state index contributed by atoms with van der Waals surface area (Å²) in [6.45, 7) is 10.9. The van der Waals surface area contributed by atoms with Gasteiger partial charge in [0.1, 0.15) is 17.2 Å². The second kappa shape index (κ2) is 10.2. The monoisotopic (exact) mass is 480 g/mol. The Hall–Kier alpha value is -3.17. The number of amides is 1. The van der Waals surface area contributed by atoms with Gasteiger partial charge in [-0.3, -0.25) is 4.90 Å². The average Bonchev–Trinajstić information content (AvgIpc) is 3.43. The van der Waals surface area contributed by atoms with Crippen molar-refractivity contribution < 1.29 is 14.6 Å². The summed E-state index contributed by atoms with van der Waals surface area (Å²) in [5.41, 5.74) is 2.02. The molecule has 9 heteroatoms. The van der Waals surface area contributed by atoms with Crippen molar-refractivity contribution in [3.8, 4) is 0 Å². The number of benzene rings is 1. The van der Waals surface area contributed by atoms with Crippen LogP contribution in [0.4, 0.5) is 16.4 Å². The highest BCUT2D eigenvalue weighted by Gasteiger charge is 2.29. The van der Waals surface area contributed by atoms with E-state index in [1.165, 1.54) is 0 Å². The first-order valence-electron chi connectivity index (χ1n) is 12.2. The molecule has 3 N–H and O–H groups in total. The number of hydrogen-bond acceptors (Lipinski definition) is 7. The average molecular weight is 481 g/mol. The van der Waals surface area contributed by atoms with Crippen molar-refractivity contribution in [2.45, 2.75) is 71.2 Å². The Balaban J connectivity index is 1.79. The zero-order valence-electron chi connectivity index (χ0n) is 21.2. The molecule has 9 nitrogen and oxygen atoms in total. The van der Waals surface area contributed by atoms with E-state index in [1.54, 1.807) is 9.42 Å². The topological polar surface area (TPSA) is 104 Å². The summed E-state index contributed by atoms with van der Waals surface area (Å²) in [5.74, 6) is 1.44. The summed E-state index contributed by atoms with van der Waals surface area (Å²) in [6, 6.07) is 11.8. The van der Waals surface area contributed by atoms with Gasteiger partial charge in [0.25, 0.3) is 0 Å². The normalized spacial score (nSPS) is 18.3. The molecule has 1 aromatic carbocycles. The lowest BCUT2D eigenvalue weighted by molar-refractivity contribution is 0.0575. The number of nitrogens with zero attached hydrogens (tertiary/aromatic N) is 4. The third-order valence-corrected chi connectivity index (χ3v) is 5.97. The Bertz CT molecular complexity index is 1160. The maximum atomic E-state index is 13.5. The molecule has 188 valence electrons. The van der Waals surface area contributed by atoms with Gasteiger partial charge >= 0.3 is 6.09 Å². The molecule has 0 saturated carbocycles. The van der Waals surface area contributed by atoms with Crippen LogP contribution < -0.4 is 15.5 Å². The van der Waals surface area contributed by atoms with Crippen LogP contribution in [0.5, 0.6) is 0 Å². The summed E-state index contributed by atoms with van der Waals surface area (Å²) in [6.07, 6.45) is 2.15. The third-order valence-electron chi connectivity index (χ3n) is 5.97. The van der Waals surface area contributed by atoms with E-state index >= 15 is 0 Å². The number of rotatable bonds is 7. The zero-order chi connectivity index (χ0) is 25.2. The number of nitrogens with one attached hydrogen (secondary N) is 2. The van der Waals surface area contributed by atoms with E-state index in [9.17, 15) is 9.90 Å². The van der Waals surface area contributed by atoms with E-state index in [0.717, 1.165) is 24.1 Å². The zero-order valence-corrected chi connectivity index (χ0v) is 21.2. The lowest BCUT2D eigenvalue weighted by Gasteiger charge is -2.28. The molecule has 0 aliphatic carbocycles. The van der Waals surface area contributed by atoms with E-state index in [-0.39, 0.29) is 24.6 Å². The molecule has 0 spiro atoms. The number of aliphatic hydroxyl groups excluding tert-OH is 1. The van der Waals surface area contributed by atoms with Crippen LogP contribution in [0.3, 0.4) is 0 Å². The van der Waals surface area contributed by atoms with Crippen LogP contribution in [0, 0.1) is 0 Å². The van der Waals surface area contributed by atoms with Gasteiger partial charge in [-0.25, -0.2) is 9.78 Å². The van der Waals surface area contributed by atoms with E-state index in [2.05, 4.69) is 29.6 Å². The molecule has 3 aromatic rings. The van der Waals surface area contributed by atoms with Gasteiger partial charge in [-0.2, -0.15) is 9.61 Å². The van der Waals surface area contributed by atoms with Crippen LogP contribution in [0.2, 0.25) is 0 Å². The molecule has 2 atom stereocenters. The largest absolute Gasteiger partial charge is 0.443 e. The quantitative estimate of drug-likeness (QED) is 0.471. The van der Waals surface area contributed by atoms with Gasteiger partial charge in [-0.05, 0) is 38.7 Å². The minimum atomic E-state index is -0.652. The number of anilines is 2. The predicted octanol–water partition coefficient (Wildman–Crippen LogP) is 3.93. The van der Waals surface area contributed by atoms with Gasteiger partial charge in [0, 0.05) is 30.3 Å². The van der Waals surface area contributed by atoms with Crippen molar-refractivity contribution in [2.75, 3.05) is 23.4 Å². The van der Waals surface area contributed by atoms with Gasteiger partial charge in [-0.1, -0.05) is 44.2 Å². The number of aliphatic hydroxyl groups is 1. The SMILES string of the molecule is CC(C)c1cnn2c(N(Cc3ccccc3)C(=O)OC(C)(C)C)cc(NC3CN[C@H](CO)C3)nc12. The molecule has 1 aliphatic heterocycles. The first-order valence-corrected chi connectivity index (χ1v) is 12.2. The lowest BCUT2D eigenvalue weighted by atomic mass is 10.1. The summed E-state index contributed by atoms with van der Waals surface area (Å²) in [5, 5.41) is 20.9. The highest BCUT2D eigenvalue weighted by atomic mass is 16.6. The van der Waals surface area contributed by atoms with Crippen LogP contribution in [-0.4, -0.2) is 56.6 Å². The van der Waals surface area contributed by atoms with Crippen LogP contribution in [0.15, 0.2) is 42.6 Å². The Kier molecular flexibility index (Phi) is 7.28. The Morgan fingerprint density at radius 3 is 2.69 bits per heavy atom. The van der Waals surface area contributed by atoms with Crippen molar-refractivity contribution in [3.05, 3.63) is 53.7 Å². The van der Waals surface area contributed by atoms with Gasteiger partial charge in [0.15, 0.2) is 5.65 Å². The molecule has 4 rings (SSSR count). The molecule has 0 radical (unpaired) electrons. The van der Waals surface area contributed by atoms with Crippen molar-refractivity contribution in [1.82, 2.24) is 19.9 Å². The first-order chi connectivity index (χ1) is 16.6.